The number of carbonyl (C=O) groups excluding carboxylic acids is 2. The number of ketones is 1. The molecule has 0 radical (unpaired) electrons. The Kier molecular flexibility index (Phi) is 6.66. The molecule has 0 N–H and O–H groups in total. The highest BCUT2D eigenvalue weighted by atomic mass is 35.5. The van der Waals surface area contributed by atoms with Gasteiger partial charge < -0.3 is 4.74 Å². The van der Waals surface area contributed by atoms with E-state index in [4.69, 9.17) is 16.3 Å². The van der Waals surface area contributed by atoms with Gasteiger partial charge in [-0.1, -0.05) is 72.3 Å². The van der Waals surface area contributed by atoms with Crippen LogP contribution in [0, 0.1) is 5.41 Å². The van der Waals surface area contributed by atoms with Crippen LogP contribution in [0.3, 0.4) is 0 Å². The molecule has 5 heteroatoms. The number of fused-ring (bicyclic) bond motifs is 1. The summed E-state index contributed by atoms with van der Waals surface area (Å²) >= 11 is 7.57. The van der Waals surface area contributed by atoms with Gasteiger partial charge in [0.15, 0.2) is 11.2 Å². The molecule has 0 saturated heterocycles. The third-order valence-electron chi connectivity index (χ3n) is 5.52. The summed E-state index contributed by atoms with van der Waals surface area (Å²) in [5.74, 6) is -0.771. The predicted octanol–water partition coefficient (Wildman–Crippen LogP) is 6.79. The Labute approximate surface area is 196 Å². The summed E-state index contributed by atoms with van der Waals surface area (Å²) in [6, 6.07) is 24.4. The first-order valence-electron chi connectivity index (χ1n) is 10.2. The van der Waals surface area contributed by atoms with E-state index in [1.165, 1.54) is 18.9 Å². The van der Waals surface area contributed by atoms with Crippen LogP contribution in [-0.4, -0.2) is 18.9 Å². The van der Waals surface area contributed by atoms with Gasteiger partial charge in [0.25, 0.3) is 0 Å². The van der Waals surface area contributed by atoms with Gasteiger partial charge in [0.1, 0.15) is 0 Å². The fourth-order valence-electron chi connectivity index (χ4n) is 3.96. The van der Waals surface area contributed by atoms with E-state index in [-0.39, 0.29) is 12.2 Å². The molecule has 2 unspecified atom stereocenters. The van der Waals surface area contributed by atoms with E-state index in [0.717, 1.165) is 16.0 Å². The number of allylic oxidation sites excluding steroid dienone is 1. The van der Waals surface area contributed by atoms with Crippen LogP contribution in [0.4, 0.5) is 0 Å². The van der Waals surface area contributed by atoms with E-state index in [0.29, 0.717) is 10.6 Å². The van der Waals surface area contributed by atoms with Crippen LogP contribution >= 0.6 is 23.4 Å². The number of ether oxygens (including phenoxy) is 1. The van der Waals surface area contributed by atoms with Crippen LogP contribution in [0.25, 0.3) is 6.08 Å². The maximum atomic E-state index is 13.8. The number of thioether (sulfide) groups is 1. The molecule has 2 atom stereocenters. The molecule has 1 aliphatic rings. The first-order chi connectivity index (χ1) is 15.6. The van der Waals surface area contributed by atoms with Crippen molar-refractivity contribution in [3.63, 3.8) is 0 Å². The van der Waals surface area contributed by atoms with E-state index in [2.05, 4.69) is 5.73 Å². The minimum absolute atomic E-state index is 0.163. The van der Waals surface area contributed by atoms with Gasteiger partial charge >= 0.3 is 5.97 Å². The molecule has 32 heavy (non-hydrogen) atoms. The van der Waals surface area contributed by atoms with Crippen molar-refractivity contribution < 1.29 is 14.3 Å². The van der Waals surface area contributed by atoms with Gasteiger partial charge in [0.05, 0.1) is 12.4 Å². The highest BCUT2D eigenvalue weighted by molar-refractivity contribution is 7.99. The van der Waals surface area contributed by atoms with Crippen LogP contribution in [0.1, 0.15) is 33.2 Å². The van der Waals surface area contributed by atoms with Crippen molar-refractivity contribution in [2.75, 3.05) is 7.11 Å². The molecular weight excluding hydrogens is 440 g/mol. The van der Waals surface area contributed by atoms with Crippen molar-refractivity contribution in [1.82, 2.24) is 0 Å². The van der Waals surface area contributed by atoms with E-state index in [9.17, 15) is 9.59 Å². The number of hydrogen-bond donors (Lipinski definition) is 0. The number of methoxy groups -OCH3 is 1. The Morgan fingerprint density at radius 3 is 2.59 bits per heavy atom. The average molecular weight is 461 g/mol. The molecule has 1 aliphatic heterocycles. The lowest BCUT2D eigenvalue weighted by molar-refractivity contribution is -0.149. The molecule has 4 rings (SSSR count). The fourth-order valence-corrected chi connectivity index (χ4v) is 5.65. The second-order valence-corrected chi connectivity index (χ2v) is 9.05. The zero-order valence-corrected chi connectivity index (χ0v) is 19.0. The van der Waals surface area contributed by atoms with Gasteiger partial charge in [-0.3, -0.25) is 9.59 Å². The summed E-state index contributed by atoms with van der Waals surface area (Å²) in [5.41, 5.74) is 4.05. The first kappa shape index (κ1) is 22.2. The molecular formula is C27H21ClO3S. The number of benzene rings is 3. The number of esters is 1. The van der Waals surface area contributed by atoms with Crippen LogP contribution in [-0.2, 0) is 9.53 Å². The van der Waals surface area contributed by atoms with E-state index < -0.39 is 16.6 Å². The van der Waals surface area contributed by atoms with Gasteiger partial charge in [-0.2, -0.15) is 0 Å². The predicted molar refractivity (Wildman–Crippen MR) is 129 cm³/mol. The summed E-state index contributed by atoms with van der Waals surface area (Å²) < 4.78 is 5.21. The van der Waals surface area contributed by atoms with E-state index in [1.807, 2.05) is 66.7 Å². The molecule has 3 aromatic rings. The molecule has 0 aromatic heterocycles. The van der Waals surface area contributed by atoms with Crippen molar-refractivity contribution in [1.29, 1.82) is 0 Å². The summed E-state index contributed by atoms with van der Waals surface area (Å²) in [7, 11) is 1.33. The molecule has 0 bridgehead atoms. The van der Waals surface area contributed by atoms with E-state index >= 15 is 0 Å². The highest BCUT2D eigenvalue weighted by Gasteiger charge is 2.56. The normalized spacial score (nSPS) is 19.4. The molecule has 0 spiro atoms. The molecule has 3 aromatic carbocycles. The van der Waals surface area contributed by atoms with Crippen molar-refractivity contribution in [2.24, 2.45) is 5.41 Å². The van der Waals surface area contributed by atoms with Gasteiger partial charge in [0.2, 0.25) is 0 Å². The minimum atomic E-state index is -1.40. The lowest BCUT2D eigenvalue weighted by atomic mass is 9.72. The smallest absolute Gasteiger partial charge is 0.321 e. The Morgan fingerprint density at radius 1 is 1.09 bits per heavy atom. The monoisotopic (exact) mass is 460 g/mol. The van der Waals surface area contributed by atoms with Crippen LogP contribution in [0.5, 0.6) is 0 Å². The SMILES string of the molecule is COC(=O)C1(CC=C=Cc2cccc(Cl)c2)C(=O)c2ccccc2SC1c1ccccc1. The Morgan fingerprint density at radius 2 is 1.84 bits per heavy atom. The topological polar surface area (TPSA) is 43.4 Å². The van der Waals surface area contributed by atoms with Crippen molar-refractivity contribution >= 4 is 41.2 Å². The minimum Gasteiger partial charge on any atom is -0.468 e. The second-order valence-electron chi connectivity index (χ2n) is 7.47. The molecule has 0 aliphatic carbocycles. The number of halogens is 1. The zero-order chi connectivity index (χ0) is 22.6. The summed E-state index contributed by atoms with van der Waals surface area (Å²) in [6.07, 6.45) is 3.68. The Bertz CT molecular complexity index is 1210. The number of Topliss-reactive ketones (excluding diaryl/α,β-unsaturated/α-hetero) is 1. The lowest BCUT2D eigenvalue weighted by Crippen LogP contribution is -2.46. The van der Waals surface area contributed by atoms with Gasteiger partial charge in [-0.15, -0.1) is 17.5 Å². The molecule has 3 nitrogen and oxygen atoms in total. The van der Waals surface area contributed by atoms with Crippen molar-refractivity contribution in [3.8, 4) is 0 Å². The summed E-state index contributed by atoms with van der Waals surface area (Å²) in [5, 5.41) is 0.203. The van der Waals surface area contributed by atoms with Crippen LogP contribution < -0.4 is 0 Å². The van der Waals surface area contributed by atoms with Crippen LogP contribution in [0.2, 0.25) is 5.02 Å². The van der Waals surface area contributed by atoms with Crippen molar-refractivity contribution in [2.45, 2.75) is 16.6 Å². The number of rotatable bonds is 5. The number of carbonyl (C=O) groups is 2. The third-order valence-corrected chi connectivity index (χ3v) is 7.28. The standard InChI is InChI=1S/C27H21ClO3S/c1-31-26(30)27(17-8-7-10-19-11-9-14-21(28)18-19)24(29)22-15-5-6-16-23(22)32-25(27)20-12-3-2-4-13-20/h2-6,8-16,18,25H,17H2,1H3. The third kappa shape index (κ3) is 4.18. The Hall–Kier alpha value is -3.04. The Balaban J connectivity index is 1.81. The maximum absolute atomic E-state index is 13.8. The first-order valence-corrected chi connectivity index (χ1v) is 11.4. The average Bonchev–Trinajstić information content (AvgIpc) is 2.83. The number of hydrogen-bond acceptors (Lipinski definition) is 4. The maximum Gasteiger partial charge on any atom is 0.321 e. The zero-order valence-electron chi connectivity index (χ0n) is 17.5. The lowest BCUT2D eigenvalue weighted by Gasteiger charge is -2.40. The van der Waals surface area contributed by atoms with Crippen molar-refractivity contribution in [3.05, 3.63) is 112 Å². The molecule has 0 fully saturated rings. The van der Waals surface area contributed by atoms with Gasteiger partial charge in [-0.05, 0) is 47.9 Å². The van der Waals surface area contributed by atoms with E-state index in [1.54, 1.807) is 24.3 Å². The van der Waals surface area contributed by atoms with Gasteiger partial charge in [-0.25, -0.2) is 0 Å². The molecule has 0 saturated carbocycles. The highest BCUT2D eigenvalue weighted by Crippen LogP contribution is 2.56. The largest absolute Gasteiger partial charge is 0.468 e. The summed E-state index contributed by atoms with van der Waals surface area (Å²) in [6.45, 7) is 0. The summed E-state index contributed by atoms with van der Waals surface area (Å²) in [4.78, 5) is 28.0. The molecule has 160 valence electrons. The van der Waals surface area contributed by atoms with Gasteiger partial charge in [0, 0.05) is 15.5 Å². The fraction of sp³-hybridized carbons (Fsp3) is 0.148. The molecule has 1 heterocycles. The van der Waals surface area contributed by atoms with Crippen LogP contribution in [0.15, 0.2) is 95.6 Å². The molecule has 0 amide bonds. The second kappa shape index (κ2) is 9.62. The quantitative estimate of drug-likeness (QED) is 0.239.